The molecule has 2 amide bonds. The predicted molar refractivity (Wildman–Crippen MR) is 95.5 cm³/mol. The number of phenolic OH excluding ortho intramolecular Hbond substituents is 1. The molecule has 1 aliphatic rings. The molecule has 1 heterocycles. The van der Waals surface area contributed by atoms with Crippen molar-refractivity contribution >= 4 is 17.5 Å². The summed E-state index contributed by atoms with van der Waals surface area (Å²) in [4.78, 5) is 28.6. The van der Waals surface area contributed by atoms with E-state index in [0.29, 0.717) is 37.4 Å². The Morgan fingerprint density at radius 3 is 2.08 bits per heavy atom. The van der Waals surface area contributed by atoms with Crippen LogP contribution in [0, 0.1) is 6.92 Å². The first-order valence-electron chi connectivity index (χ1n) is 8.20. The first-order valence-corrected chi connectivity index (χ1v) is 8.20. The summed E-state index contributed by atoms with van der Waals surface area (Å²) in [6, 6.07) is 11.8. The van der Waals surface area contributed by atoms with Crippen LogP contribution in [-0.2, 0) is 0 Å². The van der Waals surface area contributed by atoms with E-state index in [9.17, 15) is 14.7 Å². The van der Waals surface area contributed by atoms with Gasteiger partial charge in [-0.05, 0) is 36.8 Å². The van der Waals surface area contributed by atoms with Crippen molar-refractivity contribution in [2.24, 2.45) is 0 Å². The van der Waals surface area contributed by atoms with Gasteiger partial charge in [0.15, 0.2) is 0 Å². The van der Waals surface area contributed by atoms with Crippen LogP contribution < -0.4 is 5.73 Å². The van der Waals surface area contributed by atoms with Gasteiger partial charge >= 0.3 is 0 Å². The minimum absolute atomic E-state index is 0.0265. The Balaban J connectivity index is 1.68. The number of benzene rings is 2. The van der Waals surface area contributed by atoms with Gasteiger partial charge in [0.05, 0.1) is 5.56 Å². The van der Waals surface area contributed by atoms with E-state index >= 15 is 0 Å². The zero-order valence-corrected chi connectivity index (χ0v) is 14.1. The number of amides is 2. The maximum absolute atomic E-state index is 12.7. The number of rotatable bonds is 2. The Bertz CT molecular complexity index is 811. The first kappa shape index (κ1) is 16.8. The molecule has 3 N–H and O–H groups in total. The summed E-state index contributed by atoms with van der Waals surface area (Å²) in [5, 5.41) is 9.83. The average molecular weight is 339 g/mol. The number of nitrogen functional groups attached to an aromatic ring is 1. The second kappa shape index (κ2) is 6.84. The van der Waals surface area contributed by atoms with Gasteiger partial charge in [0.2, 0.25) is 0 Å². The number of aryl methyl sites for hydroxylation is 1. The summed E-state index contributed by atoms with van der Waals surface area (Å²) in [6.45, 7) is 3.64. The Morgan fingerprint density at radius 1 is 0.920 bits per heavy atom. The van der Waals surface area contributed by atoms with Crippen LogP contribution in [-0.4, -0.2) is 52.9 Å². The number of piperazine rings is 1. The lowest BCUT2D eigenvalue weighted by molar-refractivity contribution is 0.0533. The number of aromatic hydroxyl groups is 1. The number of hydrogen-bond donors (Lipinski definition) is 2. The molecule has 2 aromatic carbocycles. The smallest absolute Gasteiger partial charge is 0.257 e. The summed E-state index contributed by atoms with van der Waals surface area (Å²) in [5.74, 6) is -0.314. The standard InChI is InChI=1S/C19H21N3O3/c1-13-6-7-14(20)12-16(13)19(25)22-10-8-21(9-11-22)18(24)15-4-2-3-5-17(15)23/h2-7,12,23H,8-11,20H2,1H3. The Kier molecular flexibility index (Phi) is 4.61. The number of nitrogens with two attached hydrogens (primary N) is 1. The Hall–Kier alpha value is -3.02. The molecule has 1 aliphatic heterocycles. The molecule has 6 nitrogen and oxygen atoms in total. The van der Waals surface area contributed by atoms with Crippen LogP contribution in [0.2, 0.25) is 0 Å². The monoisotopic (exact) mass is 339 g/mol. The minimum Gasteiger partial charge on any atom is -0.507 e. The molecule has 3 rings (SSSR count). The molecule has 0 aliphatic carbocycles. The van der Waals surface area contributed by atoms with E-state index in [4.69, 9.17) is 5.73 Å². The van der Waals surface area contributed by atoms with Crippen LogP contribution in [0.1, 0.15) is 26.3 Å². The topological polar surface area (TPSA) is 86.9 Å². The third kappa shape index (κ3) is 3.42. The van der Waals surface area contributed by atoms with Gasteiger partial charge < -0.3 is 20.6 Å². The van der Waals surface area contributed by atoms with Crippen LogP contribution in [0.25, 0.3) is 0 Å². The fourth-order valence-corrected chi connectivity index (χ4v) is 2.98. The van der Waals surface area contributed by atoms with Gasteiger partial charge in [-0.3, -0.25) is 9.59 Å². The molecule has 1 saturated heterocycles. The quantitative estimate of drug-likeness (QED) is 0.818. The highest BCUT2D eigenvalue weighted by Gasteiger charge is 2.27. The number of carbonyl (C=O) groups excluding carboxylic acids is 2. The summed E-state index contributed by atoms with van der Waals surface area (Å²) in [6.07, 6.45) is 0. The molecule has 0 spiro atoms. The highest BCUT2D eigenvalue weighted by Crippen LogP contribution is 2.20. The zero-order chi connectivity index (χ0) is 18.0. The molecule has 25 heavy (non-hydrogen) atoms. The molecule has 6 heteroatoms. The number of para-hydroxylation sites is 1. The van der Waals surface area contributed by atoms with E-state index in [1.165, 1.54) is 6.07 Å². The van der Waals surface area contributed by atoms with E-state index < -0.39 is 0 Å². The molecule has 0 atom stereocenters. The molecule has 0 saturated carbocycles. The van der Waals surface area contributed by atoms with Crippen molar-refractivity contribution in [3.05, 3.63) is 59.2 Å². The summed E-state index contributed by atoms with van der Waals surface area (Å²) >= 11 is 0. The Labute approximate surface area is 146 Å². The van der Waals surface area contributed by atoms with Gasteiger partial charge in [0.25, 0.3) is 11.8 Å². The number of carbonyl (C=O) groups is 2. The van der Waals surface area contributed by atoms with Crippen LogP contribution >= 0.6 is 0 Å². The molecule has 0 aromatic heterocycles. The van der Waals surface area contributed by atoms with Crippen LogP contribution in [0.5, 0.6) is 5.75 Å². The average Bonchev–Trinajstić information content (AvgIpc) is 2.63. The van der Waals surface area contributed by atoms with Crippen molar-refractivity contribution in [3.8, 4) is 5.75 Å². The Morgan fingerprint density at radius 2 is 1.48 bits per heavy atom. The molecular formula is C19H21N3O3. The lowest BCUT2D eigenvalue weighted by Crippen LogP contribution is -2.50. The maximum atomic E-state index is 12.7. The second-order valence-corrected chi connectivity index (χ2v) is 6.18. The highest BCUT2D eigenvalue weighted by atomic mass is 16.3. The number of phenols is 1. The zero-order valence-electron chi connectivity index (χ0n) is 14.1. The molecule has 0 bridgehead atoms. The third-order valence-corrected chi connectivity index (χ3v) is 4.48. The van der Waals surface area contributed by atoms with Crippen LogP contribution in [0.4, 0.5) is 5.69 Å². The normalized spacial score (nSPS) is 14.4. The fourth-order valence-electron chi connectivity index (χ4n) is 2.98. The van der Waals surface area contributed by atoms with Crippen LogP contribution in [0.3, 0.4) is 0 Å². The molecule has 0 radical (unpaired) electrons. The SMILES string of the molecule is Cc1ccc(N)cc1C(=O)N1CCN(C(=O)c2ccccc2O)CC1. The van der Waals surface area contributed by atoms with Crippen molar-refractivity contribution < 1.29 is 14.7 Å². The lowest BCUT2D eigenvalue weighted by atomic mass is 10.1. The molecule has 0 unspecified atom stereocenters. The second-order valence-electron chi connectivity index (χ2n) is 6.18. The van der Waals surface area contributed by atoms with Crippen molar-refractivity contribution in [2.75, 3.05) is 31.9 Å². The molecule has 130 valence electrons. The van der Waals surface area contributed by atoms with Crippen molar-refractivity contribution in [1.82, 2.24) is 9.80 Å². The van der Waals surface area contributed by atoms with Gasteiger partial charge in [-0.15, -0.1) is 0 Å². The molecule has 1 fully saturated rings. The molecular weight excluding hydrogens is 318 g/mol. The lowest BCUT2D eigenvalue weighted by Gasteiger charge is -2.35. The summed E-state index contributed by atoms with van der Waals surface area (Å²) < 4.78 is 0. The highest BCUT2D eigenvalue weighted by molar-refractivity contribution is 5.98. The number of anilines is 1. The number of nitrogens with zero attached hydrogens (tertiary/aromatic N) is 2. The van der Waals surface area contributed by atoms with E-state index in [1.807, 2.05) is 13.0 Å². The fraction of sp³-hybridized carbons (Fsp3) is 0.263. The van der Waals surface area contributed by atoms with Gasteiger partial charge in [-0.1, -0.05) is 18.2 Å². The van der Waals surface area contributed by atoms with E-state index in [2.05, 4.69) is 0 Å². The van der Waals surface area contributed by atoms with Crippen molar-refractivity contribution in [3.63, 3.8) is 0 Å². The largest absolute Gasteiger partial charge is 0.507 e. The first-order chi connectivity index (χ1) is 12.0. The minimum atomic E-state index is -0.217. The van der Waals surface area contributed by atoms with Crippen molar-refractivity contribution in [2.45, 2.75) is 6.92 Å². The van der Waals surface area contributed by atoms with Gasteiger partial charge in [0, 0.05) is 37.4 Å². The summed E-state index contributed by atoms with van der Waals surface area (Å²) in [5.41, 5.74) is 8.11. The van der Waals surface area contributed by atoms with Gasteiger partial charge in [-0.2, -0.15) is 0 Å². The third-order valence-electron chi connectivity index (χ3n) is 4.48. The van der Waals surface area contributed by atoms with E-state index in [0.717, 1.165) is 5.56 Å². The maximum Gasteiger partial charge on any atom is 0.257 e. The molecule has 2 aromatic rings. The predicted octanol–water partition coefficient (Wildman–Crippen LogP) is 1.88. The van der Waals surface area contributed by atoms with E-state index in [-0.39, 0.29) is 23.1 Å². The summed E-state index contributed by atoms with van der Waals surface area (Å²) in [7, 11) is 0. The van der Waals surface area contributed by atoms with E-state index in [1.54, 1.807) is 40.1 Å². The van der Waals surface area contributed by atoms with Crippen molar-refractivity contribution in [1.29, 1.82) is 0 Å². The number of hydrogen-bond acceptors (Lipinski definition) is 4. The van der Waals surface area contributed by atoms with Crippen LogP contribution in [0.15, 0.2) is 42.5 Å². The van der Waals surface area contributed by atoms with Gasteiger partial charge in [0.1, 0.15) is 5.75 Å². The van der Waals surface area contributed by atoms with Gasteiger partial charge in [-0.25, -0.2) is 0 Å².